The van der Waals surface area contributed by atoms with E-state index in [0.29, 0.717) is 0 Å². The molecule has 0 atom stereocenters. The van der Waals surface area contributed by atoms with Crippen LogP contribution in [0.5, 0.6) is 5.75 Å². The highest BCUT2D eigenvalue weighted by Gasteiger charge is 2.52. The van der Waals surface area contributed by atoms with Gasteiger partial charge in [-0.3, -0.25) is 0 Å². The zero-order chi connectivity index (χ0) is 47.0. The van der Waals surface area contributed by atoms with E-state index in [1.54, 1.807) is 7.11 Å². The number of anilines is 6. The summed E-state index contributed by atoms with van der Waals surface area (Å²) in [7, 11) is 1.73. The van der Waals surface area contributed by atoms with Gasteiger partial charge in [0.25, 0.3) is 0 Å². The lowest BCUT2D eigenvalue weighted by Gasteiger charge is -2.45. The molecule has 0 bridgehead atoms. The van der Waals surface area contributed by atoms with E-state index in [0.717, 1.165) is 56.3 Å². The van der Waals surface area contributed by atoms with Crippen LogP contribution in [0, 0.1) is 0 Å². The lowest BCUT2D eigenvalue weighted by atomic mass is 9.64. The predicted octanol–water partition coefficient (Wildman–Crippen LogP) is 17.8. The number of allylic oxidation sites excluding steroid dienone is 3. The minimum Gasteiger partial charge on any atom is -0.496 e. The fraction of sp³-hybridized carbons (Fsp3) is 0.0448. The molecule has 1 heterocycles. The van der Waals surface area contributed by atoms with Crippen molar-refractivity contribution in [3.63, 3.8) is 0 Å². The summed E-state index contributed by atoms with van der Waals surface area (Å²) in [5.41, 5.74) is 21.5. The van der Waals surface area contributed by atoms with Crippen molar-refractivity contribution in [3.05, 3.63) is 294 Å². The maximum absolute atomic E-state index is 5.78. The number of ether oxygens (including phenoxy) is 1. The van der Waals surface area contributed by atoms with Crippen molar-refractivity contribution < 1.29 is 4.74 Å². The summed E-state index contributed by atoms with van der Waals surface area (Å²) < 4.78 is 5.78. The Bertz CT molecular complexity index is 3560. The summed E-state index contributed by atoms with van der Waals surface area (Å²) in [5, 5.41) is 0. The van der Waals surface area contributed by atoms with Gasteiger partial charge in [0.1, 0.15) is 5.75 Å². The van der Waals surface area contributed by atoms with E-state index in [2.05, 4.69) is 272 Å². The molecule has 1 aliphatic carbocycles. The molecule has 0 radical (unpaired) electrons. The quantitative estimate of drug-likeness (QED) is 0.127. The molecule has 1 spiro atoms. The Morgan fingerprint density at radius 3 is 1.71 bits per heavy atom. The molecule has 3 nitrogen and oxygen atoms in total. The van der Waals surface area contributed by atoms with Crippen LogP contribution in [0.3, 0.4) is 0 Å². The van der Waals surface area contributed by atoms with Gasteiger partial charge in [0.2, 0.25) is 0 Å². The van der Waals surface area contributed by atoms with Gasteiger partial charge in [-0.05, 0) is 117 Å². The van der Waals surface area contributed by atoms with E-state index >= 15 is 0 Å². The molecule has 1 aliphatic heterocycles. The molecule has 0 amide bonds. The molecule has 10 aromatic carbocycles. The van der Waals surface area contributed by atoms with Crippen molar-refractivity contribution in [1.29, 1.82) is 0 Å². The number of hydrogen-bond donors (Lipinski definition) is 0. The molecular weight excluding hydrogens is 849 g/mol. The predicted molar refractivity (Wildman–Crippen MR) is 293 cm³/mol. The second-order valence-electron chi connectivity index (χ2n) is 17.9. The van der Waals surface area contributed by atoms with Gasteiger partial charge in [-0.25, -0.2) is 0 Å². The van der Waals surface area contributed by atoms with Gasteiger partial charge in [-0.15, -0.1) is 0 Å². The van der Waals surface area contributed by atoms with Crippen molar-refractivity contribution >= 4 is 45.8 Å². The molecule has 0 aromatic heterocycles. The van der Waals surface area contributed by atoms with Crippen molar-refractivity contribution in [2.24, 2.45) is 0 Å². The Morgan fingerprint density at radius 1 is 0.457 bits per heavy atom. The van der Waals surface area contributed by atoms with E-state index in [1.807, 2.05) is 12.1 Å². The second-order valence-corrected chi connectivity index (χ2v) is 17.9. The molecule has 0 saturated carbocycles. The molecule has 70 heavy (non-hydrogen) atoms. The number of rotatable bonds is 10. The Hall–Kier alpha value is -8.92. The fourth-order valence-corrected chi connectivity index (χ4v) is 11.1. The van der Waals surface area contributed by atoms with Crippen LogP contribution in [0.1, 0.15) is 40.3 Å². The van der Waals surface area contributed by atoms with Crippen LogP contribution in [0.2, 0.25) is 0 Å². The molecule has 334 valence electrons. The normalized spacial score (nSPS) is 13.1. The maximum Gasteiger partial charge on any atom is 0.126 e. The van der Waals surface area contributed by atoms with E-state index in [9.17, 15) is 0 Å². The topological polar surface area (TPSA) is 15.7 Å². The highest BCUT2D eigenvalue weighted by molar-refractivity contribution is 5.99. The maximum atomic E-state index is 5.78. The average Bonchev–Trinajstić information content (AvgIpc) is 3.72. The molecule has 3 heteroatoms. The summed E-state index contributed by atoms with van der Waals surface area (Å²) in [6.45, 7) is 2.12. The molecule has 12 rings (SSSR count). The molecule has 2 aliphatic rings. The highest BCUT2D eigenvalue weighted by Crippen LogP contribution is 2.64. The first-order chi connectivity index (χ1) is 34.7. The van der Waals surface area contributed by atoms with Crippen LogP contribution >= 0.6 is 0 Å². The van der Waals surface area contributed by atoms with Gasteiger partial charge < -0.3 is 14.5 Å². The lowest BCUT2D eigenvalue weighted by Crippen LogP contribution is -2.36. The second kappa shape index (κ2) is 18.0. The minimum atomic E-state index is -0.621. The van der Waals surface area contributed by atoms with Crippen LogP contribution in [-0.4, -0.2) is 7.11 Å². The summed E-state index contributed by atoms with van der Waals surface area (Å²) in [6, 6.07) is 90.6. The number of hydrogen-bond acceptors (Lipinski definition) is 3. The van der Waals surface area contributed by atoms with Crippen molar-refractivity contribution in [1.82, 2.24) is 0 Å². The van der Waals surface area contributed by atoms with E-state index in [-0.39, 0.29) is 0 Å². The summed E-state index contributed by atoms with van der Waals surface area (Å²) in [6.07, 6.45) is 6.58. The lowest BCUT2D eigenvalue weighted by molar-refractivity contribution is 0.414. The fourth-order valence-electron chi connectivity index (χ4n) is 11.1. The third-order valence-electron chi connectivity index (χ3n) is 14.2. The number of benzene rings is 10. The Labute approximate surface area is 411 Å². The first kappa shape index (κ1) is 42.4. The van der Waals surface area contributed by atoms with Crippen molar-refractivity contribution in [2.75, 3.05) is 16.9 Å². The molecule has 0 saturated heterocycles. The van der Waals surface area contributed by atoms with Crippen molar-refractivity contribution in [2.45, 2.75) is 12.3 Å². The standard InChI is InChI=1S/C67H50N2O/c1-3-47(38-43-51-24-10-21-37-66(51)70-2)54-27-12-17-33-62(54)69(63-34-18-13-28-55(63)50-41-39-49(40-42-50)48-22-6-4-7-23-48)53-44-45-57-56-29-11-14-30-58(56)67(61(57)46-53)59-31-15-19-35-64(59)68(52-25-8-5-9-26-52)65-36-20-16-32-60(65)67/h3-46H,1-2H3/b43-38+,47-3+. The van der Waals surface area contributed by atoms with Crippen LogP contribution in [-0.2, 0) is 5.41 Å². The van der Waals surface area contributed by atoms with E-state index in [1.165, 1.54) is 55.9 Å². The number of fused-ring (bicyclic) bond motifs is 9. The van der Waals surface area contributed by atoms with Gasteiger partial charge >= 0.3 is 0 Å². The third kappa shape index (κ3) is 6.97. The summed E-state index contributed by atoms with van der Waals surface area (Å²) in [4.78, 5) is 4.93. The van der Waals surface area contributed by atoms with Gasteiger partial charge in [-0.2, -0.15) is 0 Å². The average molecular weight is 899 g/mol. The van der Waals surface area contributed by atoms with E-state index < -0.39 is 5.41 Å². The number of methoxy groups -OCH3 is 1. The van der Waals surface area contributed by atoms with Crippen LogP contribution in [0.25, 0.3) is 45.0 Å². The van der Waals surface area contributed by atoms with Gasteiger partial charge in [-0.1, -0.05) is 212 Å². The molecule has 0 N–H and O–H groups in total. The third-order valence-corrected chi connectivity index (χ3v) is 14.2. The first-order valence-corrected chi connectivity index (χ1v) is 24.1. The number of para-hydroxylation sites is 6. The Morgan fingerprint density at radius 2 is 1.00 bits per heavy atom. The number of nitrogens with zero attached hydrogens (tertiary/aromatic N) is 2. The molecule has 0 fully saturated rings. The first-order valence-electron chi connectivity index (χ1n) is 24.1. The zero-order valence-electron chi connectivity index (χ0n) is 39.2. The van der Waals surface area contributed by atoms with Crippen molar-refractivity contribution in [3.8, 4) is 39.1 Å². The summed E-state index contributed by atoms with van der Waals surface area (Å²) in [5.74, 6) is 0.835. The smallest absolute Gasteiger partial charge is 0.126 e. The Balaban J connectivity index is 1.10. The van der Waals surface area contributed by atoms with Gasteiger partial charge in [0, 0.05) is 28.1 Å². The van der Waals surface area contributed by atoms with Gasteiger partial charge in [0.15, 0.2) is 0 Å². The zero-order valence-corrected chi connectivity index (χ0v) is 39.2. The molecule has 10 aromatic rings. The SMILES string of the molecule is C/C=C(\C=C\c1ccccc1OC)c1ccccc1N(c1ccc2c(c1)C1(c3ccccc3-2)c2ccccc2N(c2ccccc2)c2ccccc21)c1ccccc1-c1ccc(-c2ccccc2)cc1. The minimum absolute atomic E-state index is 0.621. The van der Waals surface area contributed by atoms with Crippen LogP contribution < -0.4 is 14.5 Å². The van der Waals surface area contributed by atoms with Gasteiger partial charge in [0.05, 0.1) is 35.3 Å². The summed E-state index contributed by atoms with van der Waals surface area (Å²) >= 11 is 0. The largest absolute Gasteiger partial charge is 0.496 e. The van der Waals surface area contributed by atoms with Crippen LogP contribution in [0.4, 0.5) is 34.1 Å². The van der Waals surface area contributed by atoms with E-state index in [4.69, 9.17) is 4.74 Å². The monoisotopic (exact) mass is 898 g/mol. The molecule has 0 unspecified atom stereocenters. The molecular formula is C67H50N2O. The highest BCUT2D eigenvalue weighted by atomic mass is 16.5. The Kier molecular flexibility index (Phi) is 10.9. The van der Waals surface area contributed by atoms with Crippen LogP contribution in [0.15, 0.2) is 261 Å².